The smallest absolute Gasteiger partial charge is 0.408 e. The molecule has 3 saturated heterocycles. The first-order valence-corrected chi connectivity index (χ1v) is 11.0. The molecule has 2 bridgehead atoms. The number of nitrogens with zero attached hydrogens (tertiary/aromatic N) is 2. The number of alkyl carbamates (subject to hydrolysis) is 1. The molecule has 1 unspecified atom stereocenters. The molecule has 0 saturated carbocycles. The van der Waals surface area contributed by atoms with Crippen molar-refractivity contribution in [2.24, 2.45) is 5.92 Å². The molecule has 4 heterocycles. The second-order valence-electron chi connectivity index (χ2n) is 9.01. The van der Waals surface area contributed by atoms with E-state index in [-0.39, 0.29) is 12.2 Å². The standard InChI is InChI=1S/C25H27N3O3/c1-25(27-24(29)31-23-16-28-11-8-17(23)9-12-28)10-13-30-22-14-18(6-7-21(22)25)20-5-3-2-4-19(20)15-26/h2-7,14,17,23H,8-13,16H2,1H3,(H,27,29)/t23-,25?/m0/s1. The molecule has 3 fully saturated rings. The number of carbonyl (C=O) groups is 1. The van der Waals surface area contributed by atoms with Crippen molar-refractivity contribution in [3.63, 3.8) is 0 Å². The second kappa shape index (κ2) is 7.90. The zero-order valence-corrected chi connectivity index (χ0v) is 17.8. The third-order valence-corrected chi connectivity index (χ3v) is 7.03. The SMILES string of the molecule is CC1(NC(=O)O[C@H]2CN3CCC2CC3)CCOc2cc(-c3ccccc3C#N)ccc21. The Bertz CT molecular complexity index is 1040. The molecule has 0 spiro atoms. The number of hydrogen-bond donors (Lipinski definition) is 1. The molecule has 2 aromatic carbocycles. The van der Waals surface area contributed by atoms with E-state index in [2.05, 4.69) is 16.3 Å². The van der Waals surface area contributed by atoms with E-state index in [1.54, 1.807) is 0 Å². The molecule has 2 atom stereocenters. The summed E-state index contributed by atoms with van der Waals surface area (Å²) in [5, 5.41) is 12.6. The molecule has 6 rings (SSSR count). The van der Waals surface area contributed by atoms with E-state index in [0.717, 1.165) is 54.9 Å². The number of benzene rings is 2. The third kappa shape index (κ3) is 3.75. The van der Waals surface area contributed by atoms with E-state index in [1.807, 2.05) is 49.4 Å². The quantitative estimate of drug-likeness (QED) is 0.816. The van der Waals surface area contributed by atoms with Crippen LogP contribution in [0.4, 0.5) is 4.79 Å². The van der Waals surface area contributed by atoms with E-state index < -0.39 is 5.54 Å². The predicted octanol–water partition coefficient (Wildman–Crippen LogP) is 4.04. The number of nitriles is 1. The number of piperidine rings is 3. The Balaban J connectivity index is 1.35. The van der Waals surface area contributed by atoms with Gasteiger partial charge in [0, 0.05) is 18.5 Å². The predicted molar refractivity (Wildman–Crippen MR) is 117 cm³/mol. The van der Waals surface area contributed by atoms with Gasteiger partial charge in [0.05, 0.1) is 23.8 Å². The Morgan fingerprint density at radius 3 is 2.81 bits per heavy atom. The summed E-state index contributed by atoms with van der Waals surface area (Å²) in [6, 6.07) is 15.7. The summed E-state index contributed by atoms with van der Waals surface area (Å²) < 4.78 is 11.8. The van der Waals surface area contributed by atoms with Crippen molar-refractivity contribution >= 4 is 6.09 Å². The van der Waals surface area contributed by atoms with Gasteiger partial charge in [0.15, 0.2) is 0 Å². The molecule has 2 aromatic rings. The minimum atomic E-state index is -0.564. The summed E-state index contributed by atoms with van der Waals surface area (Å²) in [6.45, 7) is 5.61. The molecule has 0 aliphatic carbocycles. The summed E-state index contributed by atoms with van der Waals surface area (Å²) in [5.41, 5.74) is 2.79. The maximum Gasteiger partial charge on any atom is 0.408 e. The Morgan fingerprint density at radius 1 is 1.26 bits per heavy atom. The van der Waals surface area contributed by atoms with E-state index in [1.165, 1.54) is 0 Å². The first-order chi connectivity index (χ1) is 15.1. The molecular weight excluding hydrogens is 390 g/mol. The lowest BCUT2D eigenvalue weighted by Gasteiger charge is -2.44. The molecule has 4 aliphatic rings. The molecule has 6 heteroatoms. The second-order valence-corrected chi connectivity index (χ2v) is 9.01. The third-order valence-electron chi connectivity index (χ3n) is 7.03. The van der Waals surface area contributed by atoms with Gasteiger partial charge in [-0.3, -0.25) is 4.90 Å². The van der Waals surface area contributed by atoms with Gasteiger partial charge in [0.2, 0.25) is 0 Å². The lowest BCUT2D eigenvalue weighted by molar-refractivity contribution is -0.0358. The van der Waals surface area contributed by atoms with Gasteiger partial charge in [-0.2, -0.15) is 5.26 Å². The van der Waals surface area contributed by atoms with Gasteiger partial charge < -0.3 is 14.8 Å². The van der Waals surface area contributed by atoms with Crippen LogP contribution in [0.2, 0.25) is 0 Å². The minimum Gasteiger partial charge on any atom is -0.493 e. The molecule has 4 aliphatic heterocycles. The van der Waals surface area contributed by atoms with Crippen LogP contribution >= 0.6 is 0 Å². The first kappa shape index (κ1) is 19.9. The van der Waals surface area contributed by atoms with Crippen LogP contribution in [0, 0.1) is 17.2 Å². The molecule has 0 radical (unpaired) electrons. The summed E-state index contributed by atoms with van der Waals surface area (Å²) in [5.74, 6) is 1.22. The number of rotatable bonds is 3. The van der Waals surface area contributed by atoms with Crippen LogP contribution in [0.5, 0.6) is 5.75 Å². The number of carbonyl (C=O) groups excluding carboxylic acids is 1. The molecule has 31 heavy (non-hydrogen) atoms. The van der Waals surface area contributed by atoms with Gasteiger partial charge in [-0.1, -0.05) is 30.3 Å². The van der Waals surface area contributed by atoms with Crippen molar-refractivity contribution in [1.29, 1.82) is 5.26 Å². The van der Waals surface area contributed by atoms with Gasteiger partial charge >= 0.3 is 6.09 Å². The number of amides is 1. The van der Waals surface area contributed by atoms with Crippen molar-refractivity contribution < 1.29 is 14.3 Å². The van der Waals surface area contributed by atoms with Crippen molar-refractivity contribution in [3.8, 4) is 22.9 Å². The summed E-state index contributed by atoms with van der Waals surface area (Å²) in [4.78, 5) is 15.2. The zero-order chi connectivity index (χ0) is 21.4. The van der Waals surface area contributed by atoms with Gasteiger partial charge in [-0.25, -0.2) is 4.79 Å². The van der Waals surface area contributed by atoms with Crippen LogP contribution in [0.25, 0.3) is 11.1 Å². The molecular formula is C25H27N3O3. The van der Waals surface area contributed by atoms with Crippen LogP contribution in [-0.2, 0) is 10.3 Å². The monoisotopic (exact) mass is 417 g/mol. The number of ether oxygens (including phenoxy) is 2. The summed E-state index contributed by atoms with van der Waals surface area (Å²) in [7, 11) is 0. The highest BCUT2D eigenvalue weighted by molar-refractivity contribution is 5.73. The Labute approximate surface area is 182 Å². The molecule has 0 aromatic heterocycles. The zero-order valence-electron chi connectivity index (χ0n) is 17.8. The fourth-order valence-electron chi connectivity index (χ4n) is 5.16. The highest BCUT2D eigenvalue weighted by Crippen LogP contribution is 2.40. The minimum absolute atomic E-state index is 0.0183. The van der Waals surface area contributed by atoms with Crippen LogP contribution in [0.15, 0.2) is 42.5 Å². The van der Waals surface area contributed by atoms with Crippen molar-refractivity contribution in [3.05, 3.63) is 53.6 Å². The van der Waals surface area contributed by atoms with Crippen LogP contribution in [0.1, 0.15) is 37.3 Å². The van der Waals surface area contributed by atoms with Crippen molar-refractivity contribution in [1.82, 2.24) is 10.2 Å². The molecule has 160 valence electrons. The molecule has 6 nitrogen and oxygen atoms in total. The van der Waals surface area contributed by atoms with E-state index in [0.29, 0.717) is 24.5 Å². The lowest BCUT2D eigenvalue weighted by atomic mass is 9.85. The normalized spacial score (nSPS) is 28.7. The Morgan fingerprint density at radius 2 is 2.06 bits per heavy atom. The van der Waals surface area contributed by atoms with E-state index in [9.17, 15) is 10.1 Å². The van der Waals surface area contributed by atoms with Crippen molar-refractivity contribution in [2.75, 3.05) is 26.2 Å². The van der Waals surface area contributed by atoms with Gasteiger partial charge in [-0.15, -0.1) is 0 Å². The lowest BCUT2D eigenvalue weighted by Crippen LogP contribution is -2.54. The largest absolute Gasteiger partial charge is 0.493 e. The summed E-state index contributed by atoms with van der Waals surface area (Å²) in [6.07, 6.45) is 2.52. The average molecular weight is 418 g/mol. The average Bonchev–Trinajstić information content (AvgIpc) is 2.79. The molecule has 1 amide bonds. The molecule has 1 N–H and O–H groups in total. The van der Waals surface area contributed by atoms with Crippen LogP contribution in [-0.4, -0.2) is 43.3 Å². The Hall–Kier alpha value is -3.04. The van der Waals surface area contributed by atoms with Gasteiger partial charge in [0.1, 0.15) is 11.9 Å². The van der Waals surface area contributed by atoms with Gasteiger partial charge in [-0.05, 0) is 62.0 Å². The highest BCUT2D eigenvalue weighted by atomic mass is 16.6. The van der Waals surface area contributed by atoms with Crippen LogP contribution in [0.3, 0.4) is 0 Å². The topological polar surface area (TPSA) is 74.6 Å². The maximum absolute atomic E-state index is 12.8. The first-order valence-electron chi connectivity index (χ1n) is 11.0. The highest BCUT2D eigenvalue weighted by Gasteiger charge is 2.39. The van der Waals surface area contributed by atoms with E-state index in [4.69, 9.17) is 9.47 Å². The number of fused-ring (bicyclic) bond motifs is 4. The number of hydrogen-bond acceptors (Lipinski definition) is 5. The van der Waals surface area contributed by atoms with Crippen LogP contribution < -0.4 is 10.1 Å². The fraction of sp³-hybridized carbons (Fsp3) is 0.440. The summed E-state index contributed by atoms with van der Waals surface area (Å²) >= 11 is 0. The number of nitrogens with one attached hydrogen (secondary N) is 1. The fourth-order valence-corrected chi connectivity index (χ4v) is 5.16. The van der Waals surface area contributed by atoms with E-state index >= 15 is 0 Å². The van der Waals surface area contributed by atoms with Crippen molar-refractivity contribution in [2.45, 2.75) is 37.8 Å². The maximum atomic E-state index is 12.8. The Kier molecular flexibility index (Phi) is 5.07. The van der Waals surface area contributed by atoms with Gasteiger partial charge in [0.25, 0.3) is 0 Å².